The quantitative estimate of drug-likeness (QED) is 0.912. The van der Waals surface area contributed by atoms with Gasteiger partial charge in [0, 0.05) is 0 Å². The number of aryl methyl sites for hydroxylation is 1. The zero-order chi connectivity index (χ0) is 11.7. The minimum Gasteiger partial charge on any atom is -0.491 e. The van der Waals surface area contributed by atoms with E-state index in [1.807, 2.05) is 13.0 Å². The maximum atomic E-state index is 6.20. The van der Waals surface area contributed by atoms with E-state index in [1.165, 1.54) is 11.3 Å². The molecule has 0 fully saturated rings. The lowest BCUT2D eigenvalue weighted by Gasteiger charge is -2.07. The summed E-state index contributed by atoms with van der Waals surface area (Å²) in [6, 6.07) is 1.92. The van der Waals surface area contributed by atoms with Crippen LogP contribution in [0.25, 0.3) is 10.2 Å². The Morgan fingerprint density at radius 2 is 2.31 bits per heavy atom. The lowest BCUT2D eigenvalue weighted by atomic mass is 10.2. The van der Waals surface area contributed by atoms with Crippen molar-refractivity contribution in [1.82, 2.24) is 4.98 Å². The SMILES string of the molecule is CCCOc1cc(C)c(Cl)c2sc(N)nc12. The number of hydrogen-bond acceptors (Lipinski definition) is 4. The van der Waals surface area contributed by atoms with Crippen molar-refractivity contribution in [3.8, 4) is 5.75 Å². The van der Waals surface area contributed by atoms with Crippen molar-refractivity contribution in [3.63, 3.8) is 0 Å². The topological polar surface area (TPSA) is 48.1 Å². The predicted octanol–water partition coefficient (Wildman–Crippen LogP) is 3.63. The Hall–Kier alpha value is -1.00. The monoisotopic (exact) mass is 256 g/mol. The summed E-state index contributed by atoms with van der Waals surface area (Å²) in [7, 11) is 0. The highest BCUT2D eigenvalue weighted by atomic mass is 35.5. The molecule has 0 aliphatic carbocycles. The smallest absolute Gasteiger partial charge is 0.181 e. The van der Waals surface area contributed by atoms with E-state index in [9.17, 15) is 0 Å². The van der Waals surface area contributed by atoms with Gasteiger partial charge in [-0.3, -0.25) is 0 Å². The summed E-state index contributed by atoms with van der Waals surface area (Å²) in [4.78, 5) is 4.25. The first-order valence-electron chi connectivity index (χ1n) is 5.11. The summed E-state index contributed by atoms with van der Waals surface area (Å²) in [6.45, 7) is 4.69. The Bertz CT molecular complexity index is 524. The average molecular weight is 257 g/mol. The summed E-state index contributed by atoms with van der Waals surface area (Å²) in [5.41, 5.74) is 7.46. The summed E-state index contributed by atoms with van der Waals surface area (Å²) < 4.78 is 6.56. The molecular formula is C11H13ClN2OS. The highest BCUT2D eigenvalue weighted by Gasteiger charge is 2.13. The van der Waals surface area contributed by atoms with E-state index in [1.54, 1.807) is 0 Å². The van der Waals surface area contributed by atoms with Crippen molar-refractivity contribution in [3.05, 3.63) is 16.7 Å². The van der Waals surface area contributed by atoms with Crippen molar-refractivity contribution in [1.29, 1.82) is 0 Å². The minimum atomic E-state index is 0.517. The summed E-state index contributed by atoms with van der Waals surface area (Å²) in [5.74, 6) is 0.770. The van der Waals surface area contributed by atoms with Crippen LogP contribution in [0.3, 0.4) is 0 Å². The van der Waals surface area contributed by atoms with Gasteiger partial charge in [0.2, 0.25) is 0 Å². The fourth-order valence-corrected chi connectivity index (χ4v) is 2.58. The van der Waals surface area contributed by atoms with Crippen molar-refractivity contribution in [2.45, 2.75) is 20.3 Å². The van der Waals surface area contributed by atoms with Crippen LogP contribution in [0, 0.1) is 6.92 Å². The number of hydrogen-bond donors (Lipinski definition) is 1. The zero-order valence-corrected chi connectivity index (χ0v) is 10.8. The highest BCUT2D eigenvalue weighted by molar-refractivity contribution is 7.22. The number of halogens is 1. The Morgan fingerprint density at radius 1 is 1.56 bits per heavy atom. The summed E-state index contributed by atoms with van der Waals surface area (Å²) >= 11 is 7.60. The number of ether oxygens (including phenoxy) is 1. The van der Waals surface area contributed by atoms with Crippen LogP contribution >= 0.6 is 22.9 Å². The van der Waals surface area contributed by atoms with Gasteiger partial charge in [-0.15, -0.1) is 0 Å². The third kappa shape index (κ3) is 1.95. The van der Waals surface area contributed by atoms with E-state index in [0.717, 1.165) is 28.0 Å². The Balaban J connectivity index is 2.59. The molecule has 2 aromatic rings. The van der Waals surface area contributed by atoms with Gasteiger partial charge >= 0.3 is 0 Å². The van der Waals surface area contributed by atoms with Crippen LogP contribution in [0.5, 0.6) is 5.75 Å². The second-order valence-corrected chi connectivity index (χ2v) is 4.99. The van der Waals surface area contributed by atoms with Gasteiger partial charge in [0.25, 0.3) is 0 Å². The first-order valence-corrected chi connectivity index (χ1v) is 6.30. The first kappa shape index (κ1) is 11.5. The number of fused-ring (bicyclic) bond motifs is 1. The maximum absolute atomic E-state index is 6.20. The molecule has 0 unspecified atom stereocenters. The Morgan fingerprint density at radius 3 is 3.00 bits per heavy atom. The number of nitrogen functional groups attached to an aromatic ring is 1. The van der Waals surface area contributed by atoms with Gasteiger partial charge in [-0.1, -0.05) is 29.9 Å². The van der Waals surface area contributed by atoms with Crippen molar-refractivity contribution in [2.24, 2.45) is 0 Å². The standard InChI is InChI=1S/C11H13ClN2OS/c1-3-4-15-7-5-6(2)8(12)10-9(7)14-11(13)16-10/h5H,3-4H2,1-2H3,(H2,13,14). The van der Waals surface area contributed by atoms with Crippen LogP contribution in [0.1, 0.15) is 18.9 Å². The van der Waals surface area contributed by atoms with Gasteiger partial charge < -0.3 is 10.5 Å². The maximum Gasteiger partial charge on any atom is 0.181 e. The molecule has 0 saturated carbocycles. The molecule has 0 bridgehead atoms. The molecule has 1 aromatic carbocycles. The molecule has 1 heterocycles. The van der Waals surface area contributed by atoms with Gasteiger partial charge in [-0.05, 0) is 25.0 Å². The molecule has 0 amide bonds. The van der Waals surface area contributed by atoms with Crippen LogP contribution in [0.4, 0.5) is 5.13 Å². The third-order valence-corrected chi connectivity index (χ3v) is 3.73. The van der Waals surface area contributed by atoms with Gasteiger partial charge in [-0.2, -0.15) is 0 Å². The van der Waals surface area contributed by atoms with E-state index in [2.05, 4.69) is 11.9 Å². The normalized spacial score (nSPS) is 10.9. The van der Waals surface area contributed by atoms with E-state index in [4.69, 9.17) is 22.1 Å². The van der Waals surface area contributed by atoms with E-state index < -0.39 is 0 Å². The number of benzene rings is 1. The minimum absolute atomic E-state index is 0.517. The van der Waals surface area contributed by atoms with Crippen LogP contribution in [0.15, 0.2) is 6.07 Å². The Labute approximate surface area is 103 Å². The number of thiazole rings is 1. The molecule has 5 heteroatoms. The molecule has 3 nitrogen and oxygen atoms in total. The molecule has 0 radical (unpaired) electrons. The average Bonchev–Trinajstić information content (AvgIpc) is 2.64. The van der Waals surface area contributed by atoms with Gasteiger partial charge in [0.1, 0.15) is 11.3 Å². The van der Waals surface area contributed by atoms with E-state index in [-0.39, 0.29) is 0 Å². The predicted molar refractivity (Wildman–Crippen MR) is 69.6 cm³/mol. The molecule has 86 valence electrons. The molecule has 0 saturated heterocycles. The second kappa shape index (κ2) is 4.47. The largest absolute Gasteiger partial charge is 0.491 e. The lowest BCUT2D eigenvalue weighted by Crippen LogP contribution is -1.96. The number of anilines is 1. The number of aromatic nitrogens is 1. The molecule has 0 spiro atoms. The molecule has 0 aliphatic rings. The van der Waals surface area contributed by atoms with Crippen LogP contribution in [-0.2, 0) is 0 Å². The zero-order valence-electron chi connectivity index (χ0n) is 9.21. The van der Waals surface area contributed by atoms with E-state index in [0.29, 0.717) is 16.8 Å². The molecule has 0 aliphatic heterocycles. The fraction of sp³-hybridized carbons (Fsp3) is 0.364. The molecule has 1 aromatic heterocycles. The summed E-state index contributed by atoms with van der Waals surface area (Å²) in [5, 5.41) is 1.23. The van der Waals surface area contributed by atoms with Crippen LogP contribution in [0.2, 0.25) is 5.02 Å². The Kier molecular flexibility index (Phi) is 3.21. The van der Waals surface area contributed by atoms with Gasteiger partial charge in [0.15, 0.2) is 5.13 Å². The molecule has 2 N–H and O–H groups in total. The van der Waals surface area contributed by atoms with Gasteiger partial charge in [0.05, 0.1) is 16.3 Å². The van der Waals surface area contributed by atoms with Crippen molar-refractivity contribution >= 4 is 38.3 Å². The fourth-order valence-electron chi connectivity index (χ4n) is 1.48. The summed E-state index contributed by atoms with van der Waals surface area (Å²) in [6.07, 6.45) is 0.961. The van der Waals surface area contributed by atoms with Crippen LogP contribution < -0.4 is 10.5 Å². The molecule has 2 rings (SSSR count). The molecule has 16 heavy (non-hydrogen) atoms. The van der Waals surface area contributed by atoms with Gasteiger partial charge in [-0.25, -0.2) is 4.98 Å². The van der Waals surface area contributed by atoms with Crippen molar-refractivity contribution < 1.29 is 4.74 Å². The molecular weight excluding hydrogens is 244 g/mol. The second-order valence-electron chi connectivity index (χ2n) is 3.58. The van der Waals surface area contributed by atoms with E-state index >= 15 is 0 Å². The number of rotatable bonds is 3. The highest BCUT2D eigenvalue weighted by Crippen LogP contribution is 2.38. The lowest BCUT2D eigenvalue weighted by molar-refractivity contribution is 0.320. The first-order chi connectivity index (χ1) is 7.63. The number of nitrogens with zero attached hydrogens (tertiary/aromatic N) is 1. The number of nitrogens with two attached hydrogens (primary N) is 1. The van der Waals surface area contributed by atoms with Crippen molar-refractivity contribution in [2.75, 3.05) is 12.3 Å². The molecule has 0 atom stereocenters. The third-order valence-electron chi connectivity index (χ3n) is 2.23. The van der Waals surface area contributed by atoms with Crippen LogP contribution in [-0.4, -0.2) is 11.6 Å².